The van der Waals surface area contributed by atoms with Crippen LogP contribution in [-0.2, 0) is 24.3 Å². The molecule has 1 aromatic heterocycles. The fourth-order valence-corrected chi connectivity index (χ4v) is 3.56. The second-order valence-electron chi connectivity index (χ2n) is 7.24. The van der Waals surface area contributed by atoms with E-state index in [9.17, 15) is 9.18 Å². The lowest BCUT2D eigenvalue weighted by Crippen LogP contribution is -2.11. The molecule has 0 radical (unpaired) electrons. The lowest BCUT2D eigenvalue weighted by molar-refractivity contribution is 0.0472. The summed E-state index contributed by atoms with van der Waals surface area (Å²) in [4.78, 5) is 13.2. The number of ether oxygens (including phenoxy) is 1. The van der Waals surface area contributed by atoms with Crippen LogP contribution in [0.2, 0.25) is 0 Å². The highest BCUT2D eigenvalue weighted by Gasteiger charge is 2.25. The molecule has 4 nitrogen and oxygen atoms in total. The minimum absolute atomic E-state index is 0.195. The maximum atomic E-state index is 13.3. The van der Waals surface area contributed by atoms with Crippen LogP contribution in [0.5, 0.6) is 0 Å². The third-order valence-electron chi connectivity index (χ3n) is 5.10. The first-order valence-electron chi connectivity index (χ1n) is 10.3. The largest absolute Gasteiger partial charge is 0.457 e. The van der Waals surface area contributed by atoms with Crippen LogP contribution in [0.3, 0.4) is 0 Å². The van der Waals surface area contributed by atoms with Crippen molar-refractivity contribution in [3.8, 4) is 11.3 Å². The minimum atomic E-state index is -0.398. The van der Waals surface area contributed by atoms with Crippen LogP contribution in [0.4, 0.5) is 4.39 Å². The second-order valence-corrected chi connectivity index (χ2v) is 7.24. The lowest BCUT2D eigenvalue weighted by Gasteiger charge is -2.09. The van der Waals surface area contributed by atoms with Gasteiger partial charge in [-0.3, -0.25) is 4.68 Å². The summed E-state index contributed by atoms with van der Waals surface area (Å²) >= 11 is 0. The van der Waals surface area contributed by atoms with Crippen LogP contribution in [0.15, 0.2) is 84.9 Å². The Labute approximate surface area is 180 Å². The Morgan fingerprint density at radius 1 is 0.903 bits per heavy atom. The molecule has 0 aliphatic heterocycles. The number of rotatable bonds is 7. The monoisotopic (exact) mass is 414 g/mol. The van der Waals surface area contributed by atoms with Crippen molar-refractivity contribution in [2.75, 3.05) is 0 Å². The zero-order valence-corrected chi connectivity index (χ0v) is 17.3. The summed E-state index contributed by atoms with van der Waals surface area (Å²) in [5.74, 6) is -0.681. The summed E-state index contributed by atoms with van der Waals surface area (Å²) in [7, 11) is 0. The molecule has 0 aliphatic rings. The van der Waals surface area contributed by atoms with Crippen molar-refractivity contribution >= 4 is 5.97 Å². The van der Waals surface area contributed by atoms with Gasteiger partial charge in [0, 0.05) is 5.56 Å². The molecule has 4 rings (SSSR count). The van der Waals surface area contributed by atoms with Gasteiger partial charge >= 0.3 is 5.97 Å². The smallest absolute Gasteiger partial charge is 0.342 e. The molecule has 0 saturated carbocycles. The Kier molecular flexibility index (Phi) is 6.22. The van der Waals surface area contributed by atoms with E-state index in [-0.39, 0.29) is 12.4 Å². The number of aromatic nitrogens is 2. The number of benzene rings is 3. The van der Waals surface area contributed by atoms with Crippen molar-refractivity contribution in [1.29, 1.82) is 0 Å². The van der Waals surface area contributed by atoms with Crippen molar-refractivity contribution in [3.05, 3.63) is 113 Å². The van der Waals surface area contributed by atoms with Crippen molar-refractivity contribution in [3.63, 3.8) is 0 Å². The molecule has 5 heteroatoms. The Morgan fingerprint density at radius 2 is 1.55 bits per heavy atom. The predicted molar refractivity (Wildman–Crippen MR) is 118 cm³/mol. The van der Waals surface area contributed by atoms with E-state index in [4.69, 9.17) is 9.84 Å². The van der Waals surface area contributed by atoms with Crippen LogP contribution in [0, 0.1) is 5.82 Å². The van der Waals surface area contributed by atoms with E-state index in [2.05, 4.69) is 0 Å². The number of carbonyl (C=O) groups is 1. The van der Waals surface area contributed by atoms with Gasteiger partial charge in [0.15, 0.2) is 0 Å². The van der Waals surface area contributed by atoms with Gasteiger partial charge in [-0.25, -0.2) is 9.18 Å². The molecule has 0 fully saturated rings. The van der Waals surface area contributed by atoms with E-state index in [0.717, 1.165) is 22.4 Å². The van der Waals surface area contributed by atoms with E-state index in [1.54, 1.807) is 12.1 Å². The molecule has 1 heterocycles. The molecule has 3 aromatic carbocycles. The van der Waals surface area contributed by atoms with E-state index in [0.29, 0.717) is 24.2 Å². The van der Waals surface area contributed by atoms with Crippen LogP contribution < -0.4 is 0 Å². The first kappa shape index (κ1) is 20.5. The predicted octanol–water partition coefficient (Wildman–Crippen LogP) is 5.66. The maximum absolute atomic E-state index is 13.3. The number of hydrogen-bond acceptors (Lipinski definition) is 3. The van der Waals surface area contributed by atoms with Gasteiger partial charge in [0.1, 0.15) is 23.7 Å². The molecule has 0 amide bonds. The molecule has 0 aliphatic carbocycles. The van der Waals surface area contributed by atoms with E-state index in [1.165, 1.54) is 12.1 Å². The molecule has 4 aromatic rings. The molecule has 0 N–H and O–H groups in total. The summed E-state index contributed by atoms with van der Waals surface area (Å²) in [6.07, 6.45) is 0.608. The lowest BCUT2D eigenvalue weighted by atomic mass is 10.0. The van der Waals surface area contributed by atoms with Gasteiger partial charge in [-0.15, -0.1) is 0 Å². The van der Waals surface area contributed by atoms with E-state index in [1.807, 2.05) is 72.3 Å². The zero-order valence-electron chi connectivity index (χ0n) is 17.3. The van der Waals surface area contributed by atoms with Crippen LogP contribution in [0.1, 0.15) is 34.1 Å². The molecule has 0 bridgehead atoms. The topological polar surface area (TPSA) is 44.1 Å². The fraction of sp³-hybridized carbons (Fsp3) is 0.154. The molecule has 0 spiro atoms. The summed E-state index contributed by atoms with van der Waals surface area (Å²) in [6, 6.07) is 25.5. The zero-order chi connectivity index (χ0) is 21.6. The number of hydrogen-bond donors (Lipinski definition) is 0. The fourth-order valence-electron chi connectivity index (χ4n) is 3.56. The Morgan fingerprint density at radius 3 is 2.19 bits per heavy atom. The molecular weight excluding hydrogens is 391 g/mol. The highest BCUT2D eigenvalue weighted by molar-refractivity contribution is 5.97. The van der Waals surface area contributed by atoms with Crippen LogP contribution in [-0.4, -0.2) is 15.7 Å². The molecule has 0 atom stereocenters. The van der Waals surface area contributed by atoms with Gasteiger partial charge in [-0.05, 0) is 29.7 Å². The third kappa shape index (κ3) is 4.72. The SMILES string of the molecule is CCc1c(C(=O)OCc2ccccc2)c(-c2ccccc2)nn1Cc1ccc(F)cc1. The third-order valence-corrected chi connectivity index (χ3v) is 5.10. The van der Waals surface area contributed by atoms with Crippen molar-refractivity contribution in [2.45, 2.75) is 26.5 Å². The molecule has 0 unspecified atom stereocenters. The van der Waals surface area contributed by atoms with Gasteiger partial charge in [-0.2, -0.15) is 5.10 Å². The summed E-state index contributed by atoms with van der Waals surface area (Å²) in [5.41, 5.74) is 4.55. The molecule has 31 heavy (non-hydrogen) atoms. The van der Waals surface area contributed by atoms with E-state index < -0.39 is 5.97 Å². The summed E-state index contributed by atoms with van der Waals surface area (Å²) in [6.45, 7) is 2.62. The Bertz CT molecular complexity index is 1150. The number of carbonyl (C=O) groups excluding carboxylic acids is 1. The highest BCUT2D eigenvalue weighted by Crippen LogP contribution is 2.28. The Hall–Kier alpha value is -3.73. The quantitative estimate of drug-likeness (QED) is 0.367. The van der Waals surface area contributed by atoms with Gasteiger partial charge in [0.25, 0.3) is 0 Å². The van der Waals surface area contributed by atoms with Crippen LogP contribution in [0.25, 0.3) is 11.3 Å². The molecule has 156 valence electrons. The molecule has 0 saturated heterocycles. The van der Waals surface area contributed by atoms with Crippen molar-refractivity contribution < 1.29 is 13.9 Å². The maximum Gasteiger partial charge on any atom is 0.342 e. The normalized spacial score (nSPS) is 10.8. The standard InChI is InChI=1S/C26H23FN2O2/c1-2-23-24(26(30)31-18-20-9-5-3-6-10-20)25(21-11-7-4-8-12-21)28-29(23)17-19-13-15-22(27)16-14-19/h3-16H,2,17-18H2,1H3. The average molecular weight is 414 g/mol. The van der Waals surface area contributed by atoms with Crippen molar-refractivity contribution in [2.24, 2.45) is 0 Å². The number of esters is 1. The first-order valence-corrected chi connectivity index (χ1v) is 10.3. The Balaban J connectivity index is 1.71. The van der Waals surface area contributed by atoms with Crippen molar-refractivity contribution in [1.82, 2.24) is 9.78 Å². The second kappa shape index (κ2) is 9.39. The summed E-state index contributed by atoms with van der Waals surface area (Å²) < 4.78 is 20.8. The van der Waals surface area contributed by atoms with Gasteiger partial charge in [0.05, 0.1) is 12.2 Å². The summed E-state index contributed by atoms with van der Waals surface area (Å²) in [5, 5.41) is 4.77. The number of nitrogens with zero attached hydrogens (tertiary/aromatic N) is 2. The van der Waals surface area contributed by atoms with Crippen LogP contribution >= 0.6 is 0 Å². The molecular formula is C26H23FN2O2. The van der Waals surface area contributed by atoms with Gasteiger partial charge in [0.2, 0.25) is 0 Å². The van der Waals surface area contributed by atoms with Gasteiger partial charge < -0.3 is 4.74 Å². The minimum Gasteiger partial charge on any atom is -0.457 e. The number of halogens is 1. The average Bonchev–Trinajstić information content (AvgIpc) is 3.18. The first-order chi connectivity index (χ1) is 15.2. The van der Waals surface area contributed by atoms with Gasteiger partial charge in [-0.1, -0.05) is 79.7 Å². The highest BCUT2D eigenvalue weighted by atomic mass is 19.1. The van der Waals surface area contributed by atoms with E-state index >= 15 is 0 Å².